The monoisotopic (exact) mass is 540 g/mol. The van der Waals surface area contributed by atoms with Crippen molar-refractivity contribution in [3.05, 3.63) is 101 Å². The van der Waals surface area contributed by atoms with Gasteiger partial charge < -0.3 is 10.2 Å². The molecule has 1 unspecified atom stereocenters. The number of amides is 2. The van der Waals surface area contributed by atoms with E-state index in [1.165, 1.54) is 44.2 Å². The number of anilines is 1. The average Bonchev–Trinajstić information content (AvgIpc) is 2.90. The van der Waals surface area contributed by atoms with Crippen LogP contribution in [0.3, 0.4) is 0 Å². The molecule has 0 heterocycles. The fourth-order valence-electron chi connectivity index (χ4n) is 3.97. The molecule has 0 fully saturated rings. The van der Waals surface area contributed by atoms with Crippen molar-refractivity contribution in [2.75, 3.05) is 32.0 Å². The first kappa shape index (κ1) is 28.8. The van der Waals surface area contributed by atoms with Crippen molar-refractivity contribution in [1.29, 1.82) is 0 Å². The van der Waals surface area contributed by atoms with Crippen LogP contribution in [0.2, 0.25) is 0 Å². The Labute approximate surface area is 223 Å². The van der Waals surface area contributed by atoms with Gasteiger partial charge in [0.15, 0.2) is 0 Å². The van der Waals surface area contributed by atoms with Gasteiger partial charge in [-0.15, -0.1) is 0 Å². The predicted molar refractivity (Wildman–Crippen MR) is 146 cm³/mol. The summed E-state index contributed by atoms with van der Waals surface area (Å²) in [5.41, 5.74) is 2.36. The predicted octanol–water partition coefficient (Wildman–Crippen LogP) is 3.13. The molecule has 0 aliphatic carbocycles. The number of aryl methyl sites for hydroxylation is 1. The van der Waals surface area contributed by atoms with E-state index in [0.717, 1.165) is 31.4 Å². The normalized spacial score (nSPS) is 12.2. The summed E-state index contributed by atoms with van der Waals surface area (Å²) < 4.78 is 42.9. The van der Waals surface area contributed by atoms with Crippen LogP contribution < -0.4 is 9.62 Å². The van der Waals surface area contributed by atoms with E-state index in [2.05, 4.69) is 5.32 Å². The zero-order valence-corrected chi connectivity index (χ0v) is 22.8. The summed E-state index contributed by atoms with van der Waals surface area (Å²) in [5, 5.41) is 2.63. The number of hydrogen-bond acceptors (Lipinski definition) is 4. The Kier molecular flexibility index (Phi) is 9.60. The number of para-hydroxylation sites is 1. The molecule has 0 saturated heterocycles. The average molecular weight is 541 g/mol. The second kappa shape index (κ2) is 12.7. The van der Waals surface area contributed by atoms with Gasteiger partial charge in [-0.3, -0.25) is 9.59 Å². The molecule has 0 bridgehead atoms. The van der Waals surface area contributed by atoms with Gasteiger partial charge in [0.25, 0.3) is 0 Å². The van der Waals surface area contributed by atoms with Gasteiger partial charge in [-0.1, -0.05) is 72.3 Å². The van der Waals surface area contributed by atoms with Crippen LogP contribution in [0, 0.1) is 12.7 Å². The van der Waals surface area contributed by atoms with E-state index < -0.39 is 40.4 Å². The molecule has 0 spiro atoms. The minimum Gasteiger partial charge on any atom is -0.357 e. The number of benzene rings is 3. The van der Waals surface area contributed by atoms with E-state index >= 15 is 0 Å². The van der Waals surface area contributed by atoms with Crippen molar-refractivity contribution >= 4 is 27.7 Å². The van der Waals surface area contributed by atoms with E-state index in [1.54, 1.807) is 0 Å². The molecule has 1 N–H and O–H groups in total. The molecule has 0 radical (unpaired) electrons. The molecule has 0 aliphatic heterocycles. The van der Waals surface area contributed by atoms with E-state index in [1.807, 2.05) is 61.5 Å². The maximum Gasteiger partial charge on any atom is 0.304 e. The molecule has 38 heavy (non-hydrogen) atoms. The van der Waals surface area contributed by atoms with Crippen LogP contribution in [0.1, 0.15) is 16.7 Å². The van der Waals surface area contributed by atoms with E-state index in [-0.39, 0.29) is 18.7 Å². The van der Waals surface area contributed by atoms with Gasteiger partial charge in [0, 0.05) is 34.1 Å². The third-order valence-corrected chi connectivity index (χ3v) is 7.94. The largest absolute Gasteiger partial charge is 0.357 e. The smallest absolute Gasteiger partial charge is 0.304 e. The molecular weight excluding hydrogens is 507 g/mol. The molecule has 10 heteroatoms. The van der Waals surface area contributed by atoms with Gasteiger partial charge in [-0.05, 0) is 30.2 Å². The summed E-state index contributed by atoms with van der Waals surface area (Å²) in [6.45, 7) is 1.29. The number of likely N-dealkylation sites (N-methyl/N-ethyl adjacent to an activating group) is 1. The lowest BCUT2D eigenvalue weighted by Gasteiger charge is -2.34. The lowest BCUT2D eigenvalue weighted by Crippen LogP contribution is -2.54. The van der Waals surface area contributed by atoms with Gasteiger partial charge in [0.05, 0.1) is 5.69 Å². The van der Waals surface area contributed by atoms with Crippen molar-refractivity contribution in [3.63, 3.8) is 0 Å². The van der Waals surface area contributed by atoms with Crippen LogP contribution in [0.5, 0.6) is 0 Å². The number of carbonyl (C=O) groups excluding carboxylic acids is 2. The lowest BCUT2D eigenvalue weighted by atomic mass is 10.0. The van der Waals surface area contributed by atoms with Crippen LogP contribution >= 0.6 is 0 Å². The van der Waals surface area contributed by atoms with Crippen molar-refractivity contribution in [2.45, 2.75) is 25.9 Å². The zero-order chi connectivity index (χ0) is 27.9. The number of hydrogen-bond donors (Lipinski definition) is 1. The van der Waals surface area contributed by atoms with Gasteiger partial charge >= 0.3 is 10.2 Å². The Morgan fingerprint density at radius 3 is 2.08 bits per heavy atom. The summed E-state index contributed by atoms with van der Waals surface area (Å²) >= 11 is 0. The van der Waals surface area contributed by atoms with Crippen LogP contribution in [-0.4, -0.2) is 63.2 Å². The highest BCUT2D eigenvalue weighted by Crippen LogP contribution is 2.24. The van der Waals surface area contributed by atoms with Crippen LogP contribution in [0.25, 0.3) is 0 Å². The molecular formula is C28H33FN4O4S. The Morgan fingerprint density at radius 2 is 1.50 bits per heavy atom. The third kappa shape index (κ3) is 6.96. The minimum atomic E-state index is -4.25. The maximum atomic E-state index is 14.8. The molecule has 0 aromatic heterocycles. The summed E-state index contributed by atoms with van der Waals surface area (Å²) in [6.07, 6.45) is 0.207. The fourth-order valence-corrected chi connectivity index (χ4v) is 5.03. The van der Waals surface area contributed by atoms with Crippen molar-refractivity contribution in [3.8, 4) is 0 Å². The van der Waals surface area contributed by atoms with Crippen LogP contribution in [0.15, 0.2) is 78.9 Å². The highest BCUT2D eigenvalue weighted by molar-refractivity contribution is 7.90. The number of halogens is 1. The molecule has 0 saturated carbocycles. The van der Waals surface area contributed by atoms with Gasteiger partial charge in [0.1, 0.15) is 18.4 Å². The standard InChI is InChI=1S/C28H33FN4O4S/c1-21-14-16-23(17-15-21)19-32(26(28(35)30-2)18-22-10-6-5-7-11-22)27(34)20-33(38(36,37)31(3)4)25-13-9-8-12-24(25)29/h5-17,26H,18-20H2,1-4H3,(H,30,35). The Morgan fingerprint density at radius 1 is 0.895 bits per heavy atom. The molecule has 0 aliphatic rings. The number of nitrogens with zero attached hydrogens (tertiary/aromatic N) is 3. The van der Waals surface area contributed by atoms with Gasteiger partial charge in [0.2, 0.25) is 11.8 Å². The van der Waals surface area contributed by atoms with E-state index in [9.17, 15) is 22.4 Å². The number of rotatable bonds is 11. The molecule has 3 rings (SSSR count). The molecule has 1 atom stereocenters. The molecule has 3 aromatic rings. The second-order valence-corrected chi connectivity index (χ2v) is 11.1. The molecule has 202 valence electrons. The summed E-state index contributed by atoms with van der Waals surface area (Å²) in [7, 11) is -0.158. The fraction of sp³-hybridized carbons (Fsp3) is 0.286. The van der Waals surface area contributed by atoms with Crippen LogP contribution in [0.4, 0.5) is 10.1 Å². The second-order valence-electron chi connectivity index (χ2n) is 9.08. The van der Waals surface area contributed by atoms with Gasteiger partial charge in [-0.2, -0.15) is 12.7 Å². The lowest BCUT2D eigenvalue weighted by molar-refractivity contribution is -0.139. The minimum absolute atomic E-state index is 0.0527. The summed E-state index contributed by atoms with van der Waals surface area (Å²) in [5.74, 6) is -1.84. The number of carbonyl (C=O) groups is 2. The quantitative estimate of drug-likeness (QED) is 0.405. The number of nitrogens with one attached hydrogen (secondary N) is 1. The van der Waals surface area contributed by atoms with Crippen molar-refractivity contribution < 1.29 is 22.4 Å². The highest BCUT2D eigenvalue weighted by atomic mass is 32.2. The van der Waals surface area contributed by atoms with Crippen molar-refractivity contribution in [1.82, 2.24) is 14.5 Å². The first-order valence-corrected chi connectivity index (χ1v) is 13.5. The zero-order valence-electron chi connectivity index (χ0n) is 22.0. The third-order valence-electron chi connectivity index (χ3n) is 6.13. The summed E-state index contributed by atoms with van der Waals surface area (Å²) in [6, 6.07) is 21.1. The Balaban J connectivity index is 2.07. The molecule has 3 aromatic carbocycles. The van der Waals surface area contributed by atoms with Crippen LogP contribution in [-0.2, 0) is 32.8 Å². The Bertz CT molecular complexity index is 1350. The van der Waals surface area contributed by atoms with Gasteiger partial charge in [-0.25, -0.2) is 8.70 Å². The van der Waals surface area contributed by atoms with E-state index in [0.29, 0.717) is 0 Å². The topological polar surface area (TPSA) is 90.0 Å². The molecule has 2 amide bonds. The first-order valence-electron chi connectivity index (χ1n) is 12.1. The molecule has 8 nitrogen and oxygen atoms in total. The Hall–Kier alpha value is -3.76. The SMILES string of the molecule is CNC(=O)C(Cc1ccccc1)N(Cc1ccc(C)cc1)C(=O)CN(c1ccccc1F)S(=O)(=O)N(C)C. The van der Waals surface area contributed by atoms with Crippen molar-refractivity contribution in [2.24, 2.45) is 0 Å². The van der Waals surface area contributed by atoms with E-state index in [4.69, 9.17) is 0 Å². The highest BCUT2D eigenvalue weighted by Gasteiger charge is 2.35. The summed E-state index contributed by atoms with van der Waals surface area (Å²) in [4.78, 5) is 28.4. The first-order chi connectivity index (χ1) is 18.0. The maximum absolute atomic E-state index is 14.8.